The molecule has 0 radical (unpaired) electrons. The number of anilines is 1. The van der Waals surface area contributed by atoms with E-state index in [0.29, 0.717) is 17.3 Å². The minimum absolute atomic E-state index is 0. The number of hydrogen-bond donors (Lipinski definition) is 3. The largest absolute Gasteiger partial charge is 0.469 e. The van der Waals surface area contributed by atoms with E-state index in [1.807, 2.05) is 0 Å². The molecule has 0 aromatic heterocycles. The molecule has 0 saturated carbocycles. The summed E-state index contributed by atoms with van der Waals surface area (Å²) in [6, 6.07) is 7.05. The number of carbonyl (C=O) groups is 3. The molecule has 0 spiro atoms. The fourth-order valence-electron chi connectivity index (χ4n) is 2.80. The molecule has 1 saturated heterocycles. The van der Waals surface area contributed by atoms with Gasteiger partial charge in [0, 0.05) is 29.8 Å². The summed E-state index contributed by atoms with van der Waals surface area (Å²) in [5, 5.41) is 8.88. The van der Waals surface area contributed by atoms with Crippen molar-refractivity contribution in [3.63, 3.8) is 0 Å². The van der Waals surface area contributed by atoms with Crippen molar-refractivity contribution in [1.82, 2.24) is 10.6 Å². The van der Waals surface area contributed by atoms with Crippen LogP contribution in [-0.4, -0.2) is 44.0 Å². The van der Waals surface area contributed by atoms with E-state index in [1.165, 1.54) is 7.11 Å². The van der Waals surface area contributed by atoms with E-state index in [9.17, 15) is 14.4 Å². The van der Waals surface area contributed by atoms with Crippen LogP contribution in [-0.2, 0) is 14.3 Å². The predicted octanol–water partition coefficient (Wildman–Crippen LogP) is 1.73. The average molecular weight is 384 g/mol. The van der Waals surface area contributed by atoms with Gasteiger partial charge in [0.05, 0.1) is 13.5 Å². The molecule has 1 aliphatic rings. The van der Waals surface area contributed by atoms with Crippen molar-refractivity contribution in [2.75, 3.05) is 25.5 Å². The van der Waals surface area contributed by atoms with Crippen LogP contribution in [0, 0.1) is 5.92 Å². The van der Waals surface area contributed by atoms with Crippen molar-refractivity contribution < 1.29 is 19.1 Å². The molecule has 1 aromatic carbocycles. The zero-order valence-corrected chi connectivity index (χ0v) is 15.9. The van der Waals surface area contributed by atoms with E-state index < -0.39 is 0 Å². The molecule has 3 N–H and O–H groups in total. The highest BCUT2D eigenvalue weighted by Gasteiger charge is 2.24. The van der Waals surface area contributed by atoms with Crippen LogP contribution >= 0.6 is 12.4 Å². The lowest BCUT2D eigenvalue weighted by molar-refractivity contribution is -0.140. The van der Waals surface area contributed by atoms with Crippen LogP contribution in [0.5, 0.6) is 0 Å². The zero-order valence-electron chi connectivity index (χ0n) is 15.0. The second-order valence-corrected chi connectivity index (χ2v) is 6.23. The van der Waals surface area contributed by atoms with Gasteiger partial charge in [0.2, 0.25) is 5.91 Å². The van der Waals surface area contributed by atoms with Crippen molar-refractivity contribution in [3.8, 4) is 0 Å². The van der Waals surface area contributed by atoms with Crippen LogP contribution in [0.25, 0.3) is 0 Å². The van der Waals surface area contributed by atoms with Crippen molar-refractivity contribution in [2.24, 2.45) is 5.92 Å². The average Bonchev–Trinajstić information content (AvgIpc) is 2.62. The van der Waals surface area contributed by atoms with Gasteiger partial charge in [0.15, 0.2) is 0 Å². The van der Waals surface area contributed by atoms with Gasteiger partial charge >= 0.3 is 5.97 Å². The minimum atomic E-state index is -0.370. The minimum Gasteiger partial charge on any atom is -0.469 e. The Morgan fingerprint density at radius 3 is 2.54 bits per heavy atom. The predicted molar refractivity (Wildman–Crippen MR) is 101 cm³/mol. The molecule has 7 nitrogen and oxygen atoms in total. The van der Waals surface area contributed by atoms with Gasteiger partial charge in [-0.25, -0.2) is 0 Å². The summed E-state index contributed by atoms with van der Waals surface area (Å²) in [5.74, 6) is -0.610. The first-order valence-electron chi connectivity index (χ1n) is 8.49. The molecule has 0 aliphatic carbocycles. The summed E-state index contributed by atoms with van der Waals surface area (Å²) in [7, 11) is 1.31. The molecule has 26 heavy (non-hydrogen) atoms. The number of esters is 1. The molecule has 144 valence electrons. The molecular formula is C18H26ClN3O4. The van der Waals surface area contributed by atoms with Crippen molar-refractivity contribution in [2.45, 2.75) is 32.2 Å². The number of piperidine rings is 1. The highest BCUT2D eigenvalue weighted by atomic mass is 35.5. The fourth-order valence-corrected chi connectivity index (χ4v) is 2.80. The van der Waals surface area contributed by atoms with Crippen LogP contribution in [0.2, 0.25) is 0 Å². The Kier molecular flexibility index (Phi) is 9.09. The summed E-state index contributed by atoms with van der Waals surface area (Å²) >= 11 is 0. The first-order valence-corrected chi connectivity index (χ1v) is 8.49. The van der Waals surface area contributed by atoms with Gasteiger partial charge in [-0.05, 0) is 50.6 Å². The Labute approximate surface area is 159 Å². The Morgan fingerprint density at radius 2 is 1.92 bits per heavy atom. The van der Waals surface area contributed by atoms with E-state index in [0.717, 1.165) is 19.4 Å². The number of halogens is 1. The van der Waals surface area contributed by atoms with Gasteiger partial charge in [-0.1, -0.05) is 0 Å². The third-order valence-electron chi connectivity index (χ3n) is 4.25. The Morgan fingerprint density at radius 1 is 1.23 bits per heavy atom. The van der Waals surface area contributed by atoms with Gasteiger partial charge in [-0.2, -0.15) is 0 Å². The number of nitrogens with one attached hydrogen (secondary N) is 3. The van der Waals surface area contributed by atoms with Crippen LogP contribution in [0.15, 0.2) is 24.3 Å². The third-order valence-corrected chi connectivity index (χ3v) is 4.25. The van der Waals surface area contributed by atoms with Crippen molar-refractivity contribution in [3.05, 3.63) is 29.8 Å². The summed E-state index contributed by atoms with van der Waals surface area (Å²) < 4.78 is 4.51. The molecular weight excluding hydrogens is 358 g/mol. The number of ether oxygens (including phenoxy) is 1. The maximum absolute atomic E-state index is 12.3. The lowest BCUT2D eigenvalue weighted by Crippen LogP contribution is -2.40. The maximum Gasteiger partial charge on any atom is 0.307 e. The summed E-state index contributed by atoms with van der Waals surface area (Å²) in [5.41, 5.74) is 1.14. The summed E-state index contributed by atoms with van der Waals surface area (Å²) in [6.45, 7) is 3.15. The second-order valence-electron chi connectivity index (χ2n) is 6.23. The molecule has 2 amide bonds. The fraction of sp³-hybridized carbons (Fsp3) is 0.500. The Hall–Kier alpha value is -2.12. The summed E-state index contributed by atoms with van der Waals surface area (Å²) in [6.07, 6.45) is 1.79. The number of benzene rings is 1. The molecule has 1 heterocycles. The topological polar surface area (TPSA) is 96.5 Å². The van der Waals surface area contributed by atoms with Crippen LogP contribution in [0.1, 0.15) is 36.5 Å². The molecule has 0 bridgehead atoms. The number of carbonyl (C=O) groups excluding carboxylic acids is 3. The smallest absolute Gasteiger partial charge is 0.307 e. The normalized spacial score (nSPS) is 19.0. The van der Waals surface area contributed by atoms with E-state index in [1.54, 1.807) is 24.3 Å². The van der Waals surface area contributed by atoms with Crippen LogP contribution < -0.4 is 16.0 Å². The second kappa shape index (κ2) is 10.8. The SMILES string of the molecule is COC(=O)CCNC(=O)c1ccc(NC(=O)[C@H]2CCN[C@@H](C)C2)cc1.Cl. The van der Waals surface area contributed by atoms with Gasteiger partial charge in [0.1, 0.15) is 0 Å². The first-order chi connectivity index (χ1) is 12.0. The molecule has 2 atom stereocenters. The monoisotopic (exact) mass is 383 g/mol. The highest BCUT2D eigenvalue weighted by molar-refractivity contribution is 5.96. The third kappa shape index (κ3) is 6.65. The van der Waals surface area contributed by atoms with E-state index >= 15 is 0 Å². The molecule has 0 unspecified atom stereocenters. The van der Waals surface area contributed by atoms with Crippen LogP contribution in [0.3, 0.4) is 0 Å². The summed E-state index contributed by atoms with van der Waals surface area (Å²) in [4.78, 5) is 35.3. The van der Waals surface area contributed by atoms with Crippen molar-refractivity contribution in [1.29, 1.82) is 0 Å². The first kappa shape index (κ1) is 21.9. The van der Waals surface area contributed by atoms with Crippen molar-refractivity contribution >= 4 is 35.9 Å². The highest BCUT2D eigenvalue weighted by Crippen LogP contribution is 2.19. The standard InChI is InChI=1S/C18H25N3O4.ClH/c1-12-11-14(7-9-19-12)18(24)21-15-5-3-13(4-6-15)17(23)20-10-8-16(22)25-2;/h3-6,12,14,19H,7-11H2,1-2H3,(H,20,23)(H,21,24);1H/t12-,14-;/m0./s1. The van der Waals surface area contributed by atoms with E-state index in [4.69, 9.17) is 0 Å². The zero-order chi connectivity index (χ0) is 18.2. The molecule has 1 aliphatic heterocycles. The number of methoxy groups -OCH3 is 1. The number of hydrogen-bond acceptors (Lipinski definition) is 5. The molecule has 1 fully saturated rings. The Balaban J connectivity index is 0.00000338. The Bertz CT molecular complexity index is 621. The number of amides is 2. The van der Waals surface area contributed by atoms with Gasteiger partial charge < -0.3 is 20.7 Å². The van der Waals surface area contributed by atoms with Gasteiger partial charge in [0.25, 0.3) is 5.91 Å². The van der Waals surface area contributed by atoms with E-state index in [2.05, 4.69) is 27.6 Å². The molecule has 1 aromatic rings. The van der Waals surface area contributed by atoms with Gasteiger partial charge in [-0.3, -0.25) is 14.4 Å². The molecule has 8 heteroatoms. The number of rotatable bonds is 6. The molecule has 2 rings (SSSR count). The maximum atomic E-state index is 12.3. The quantitative estimate of drug-likeness (QED) is 0.650. The van der Waals surface area contributed by atoms with Gasteiger partial charge in [-0.15, -0.1) is 12.4 Å². The lowest BCUT2D eigenvalue weighted by Gasteiger charge is -2.27. The van der Waals surface area contributed by atoms with Crippen LogP contribution in [0.4, 0.5) is 5.69 Å². The van der Waals surface area contributed by atoms with E-state index in [-0.39, 0.29) is 49.1 Å². The lowest BCUT2D eigenvalue weighted by atomic mass is 9.92.